The molecule has 0 heterocycles. The molecule has 0 bridgehead atoms. The van der Waals surface area contributed by atoms with E-state index in [0.29, 0.717) is 0 Å². The number of carbonyl (C=O) groups is 3. The molecule has 0 spiro atoms. The van der Waals surface area contributed by atoms with Crippen LogP contribution in [-0.4, -0.2) is 54.7 Å². The van der Waals surface area contributed by atoms with Crippen LogP contribution in [0, 0.1) is 0 Å². The molecule has 1 atom stereocenters. The molecule has 0 unspecified atom stereocenters. The quantitative estimate of drug-likeness (QED) is 0.648. The molecule has 0 saturated carbocycles. The first-order chi connectivity index (χ1) is 6.88. The number of amides is 2. The number of rotatable bonds is 4. The van der Waals surface area contributed by atoms with Crippen LogP contribution in [-0.2, 0) is 14.3 Å². The van der Waals surface area contributed by atoms with Crippen LogP contribution in [0.15, 0.2) is 0 Å². The second-order valence-electron chi connectivity index (χ2n) is 2.95. The van der Waals surface area contributed by atoms with Crippen molar-refractivity contribution >= 4 is 18.0 Å². The highest BCUT2D eigenvalue weighted by atomic mass is 16.5. The van der Waals surface area contributed by atoms with Gasteiger partial charge in [0.25, 0.3) is 0 Å². The second kappa shape index (κ2) is 5.84. The lowest BCUT2D eigenvalue weighted by molar-refractivity contribution is -0.141. The molecule has 0 fully saturated rings. The molecule has 0 aliphatic rings. The van der Waals surface area contributed by atoms with E-state index >= 15 is 0 Å². The van der Waals surface area contributed by atoms with Crippen molar-refractivity contribution < 1.29 is 24.2 Å². The van der Waals surface area contributed by atoms with Crippen molar-refractivity contribution in [3.63, 3.8) is 0 Å². The number of carboxylic acid groups (broad SMARTS) is 1. The number of carboxylic acids is 1. The average Bonchev–Trinajstić information content (AvgIpc) is 2.15. The van der Waals surface area contributed by atoms with Crippen LogP contribution in [0.4, 0.5) is 4.79 Å². The van der Waals surface area contributed by atoms with Crippen molar-refractivity contribution in [1.29, 1.82) is 0 Å². The highest BCUT2D eigenvalue weighted by Gasteiger charge is 2.17. The van der Waals surface area contributed by atoms with E-state index < -0.39 is 24.0 Å². The van der Waals surface area contributed by atoms with Crippen LogP contribution >= 0.6 is 0 Å². The zero-order valence-corrected chi connectivity index (χ0v) is 8.81. The molecule has 2 N–H and O–H groups in total. The first-order valence-corrected chi connectivity index (χ1v) is 4.19. The summed E-state index contributed by atoms with van der Waals surface area (Å²) in [6.45, 7) is 1.09. The van der Waals surface area contributed by atoms with E-state index in [0.717, 1.165) is 4.90 Å². The fraction of sp³-hybridized carbons (Fsp3) is 0.625. The standard InChI is InChI=1S/C8H14N2O5/c1-5(7(12)13)9-6(11)4-10(2)8(14)15-3/h5H,4H2,1-3H3,(H,9,11)(H,12,13)/t5-/m1/s1. The summed E-state index contributed by atoms with van der Waals surface area (Å²) in [6, 6.07) is -0.983. The number of likely N-dealkylation sites (N-methyl/N-ethyl adjacent to an activating group) is 1. The molecule has 0 saturated heterocycles. The van der Waals surface area contributed by atoms with Gasteiger partial charge in [-0.3, -0.25) is 9.59 Å². The van der Waals surface area contributed by atoms with E-state index in [1.54, 1.807) is 0 Å². The molecule has 7 heteroatoms. The Morgan fingerprint density at radius 3 is 2.40 bits per heavy atom. The Hall–Kier alpha value is -1.79. The summed E-state index contributed by atoms with van der Waals surface area (Å²) in [5, 5.41) is 10.7. The Morgan fingerprint density at radius 2 is 2.00 bits per heavy atom. The molecule has 0 aromatic rings. The summed E-state index contributed by atoms with van der Waals surface area (Å²) in [5.74, 6) is -1.69. The van der Waals surface area contributed by atoms with E-state index in [4.69, 9.17) is 5.11 Å². The molecule has 0 radical (unpaired) electrons. The largest absolute Gasteiger partial charge is 0.480 e. The minimum absolute atomic E-state index is 0.246. The van der Waals surface area contributed by atoms with Gasteiger partial charge in [-0.25, -0.2) is 4.79 Å². The molecule has 0 aliphatic heterocycles. The monoisotopic (exact) mass is 218 g/mol. The van der Waals surface area contributed by atoms with Gasteiger partial charge in [0.1, 0.15) is 12.6 Å². The zero-order chi connectivity index (χ0) is 12.0. The first kappa shape index (κ1) is 13.2. The maximum absolute atomic E-state index is 11.2. The van der Waals surface area contributed by atoms with Crippen LogP contribution < -0.4 is 5.32 Å². The summed E-state index contributed by atoms with van der Waals surface area (Å²) < 4.78 is 4.36. The maximum atomic E-state index is 11.2. The number of hydrogen-bond donors (Lipinski definition) is 2. The van der Waals surface area contributed by atoms with Crippen molar-refractivity contribution in [3.05, 3.63) is 0 Å². The summed E-state index contributed by atoms with van der Waals surface area (Å²) >= 11 is 0. The normalized spacial score (nSPS) is 11.4. The smallest absolute Gasteiger partial charge is 0.409 e. The SMILES string of the molecule is COC(=O)N(C)CC(=O)N[C@H](C)C(=O)O. The number of nitrogens with one attached hydrogen (secondary N) is 1. The third-order valence-corrected chi connectivity index (χ3v) is 1.61. The van der Waals surface area contributed by atoms with Crippen LogP contribution in [0.25, 0.3) is 0 Å². The Kier molecular flexibility index (Phi) is 5.14. The van der Waals surface area contributed by atoms with E-state index in [1.807, 2.05) is 0 Å². The number of methoxy groups -OCH3 is 1. The van der Waals surface area contributed by atoms with E-state index in [2.05, 4.69) is 10.1 Å². The molecule has 86 valence electrons. The van der Waals surface area contributed by atoms with Crippen LogP contribution in [0.2, 0.25) is 0 Å². The van der Waals surface area contributed by atoms with Gasteiger partial charge >= 0.3 is 12.1 Å². The number of aliphatic carboxylic acids is 1. The molecule has 7 nitrogen and oxygen atoms in total. The molecule has 0 rings (SSSR count). The van der Waals surface area contributed by atoms with Crippen molar-refractivity contribution in [2.75, 3.05) is 20.7 Å². The molecule has 2 amide bonds. The highest BCUT2D eigenvalue weighted by Crippen LogP contribution is 1.89. The fourth-order valence-corrected chi connectivity index (χ4v) is 0.785. The molecule has 0 aromatic carbocycles. The summed E-state index contributed by atoms with van der Waals surface area (Å²) in [4.78, 5) is 33.5. The zero-order valence-electron chi connectivity index (χ0n) is 8.81. The van der Waals surface area contributed by atoms with E-state index in [9.17, 15) is 14.4 Å². The van der Waals surface area contributed by atoms with Gasteiger partial charge in [-0.15, -0.1) is 0 Å². The van der Waals surface area contributed by atoms with Crippen molar-refractivity contribution in [2.24, 2.45) is 0 Å². The number of ether oxygens (including phenoxy) is 1. The van der Waals surface area contributed by atoms with Gasteiger partial charge in [0.05, 0.1) is 7.11 Å². The molecular weight excluding hydrogens is 204 g/mol. The minimum atomic E-state index is -1.14. The third kappa shape index (κ3) is 4.84. The lowest BCUT2D eigenvalue weighted by Crippen LogP contribution is -2.44. The fourth-order valence-electron chi connectivity index (χ4n) is 0.785. The first-order valence-electron chi connectivity index (χ1n) is 4.19. The highest BCUT2D eigenvalue weighted by molar-refractivity contribution is 5.86. The van der Waals surface area contributed by atoms with Crippen LogP contribution in [0.1, 0.15) is 6.92 Å². The summed E-state index contributed by atoms with van der Waals surface area (Å²) in [7, 11) is 2.56. The lowest BCUT2D eigenvalue weighted by Gasteiger charge is -2.16. The Bertz CT molecular complexity index is 266. The van der Waals surface area contributed by atoms with Crippen LogP contribution in [0.5, 0.6) is 0 Å². The molecule has 0 aliphatic carbocycles. The summed E-state index contributed by atoms with van der Waals surface area (Å²) in [6.07, 6.45) is -0.659. The third-order valence-electron chi connectivity index (χ3n) is 1.61. The van der Waals surface area contributed by atoms with Gasteiger partial charge in [0, 0.05) is 7.05 Å². The summed E-state index contributed by atoms with van der Waals surface area (Å²) in [5.41, 5.74) is 0. The van der Waals surface area contributed by atoms with Gasteiger partial charge in [-0.1, -0.05) is 0 Å². The van der Waals surface area contributed by atoms with Gasteiger partial charge in [-0.2, -0.15) is 0 Å². The van der Waals surface area contributed by atoms with Crippen molar-refractivity contribution in [1.82, 2.24) is 10.2 Å². The maximum Gasteiger partial charge on any atom is 0.409 e. The Labute approximate surface area is 87.0 Å². The van der Waals surface area contributed by atoms with Crippen molar-refractivity contribution in [2.45, 2.75) is 13.0 Å². The minimum Gasteiger partial charge on any atom is -0.480 e. The Balaban J connectivity index is 4.04. The molecule has 15 heavy (non-hydrogen) atoms. The van der Waals surface area contributed by atoms with E-state index in [-0.39, 0.29) is 6.54 Å². The number of carbonyl (C=O) groups excluding carboxylic acids is 2. The number of nitrogens with zero attached hydrogens (tertiary/aromatic N) is 1. The van der Waals surface area contributed by atoms with Gasteiger partial charge in [0.15, 0.2) is 0 Å². The van der Waals surface area contributed by atoms with Crippen LogP contribution in [0.3, 0.4) is 0 Å². The molecule has 0 aromatic heterocycles. The average molecular weight is 218 g/mol. The van der Waals surface area contributed by atoms with Gasteiger partial charge in [-0.05, 0) is 6.92 Å². The predicted molar refractivity (Wildman–Crippen MR) is 50.3 cm³/mol. The van der Waals surface area contributed by atoms with Crippen molar-refractivity contribution in [3.8, 4) is 0 Å². The Morgan fingerprint density at radius 1 is 1.47 bits per heavy atom. The number of hydrogen-bond acceptors (Lipinski definition) is 4. The predicted octanol–water partition coefficient (Wildman–Crippen LogP) is -0.726. The van der Waals surface area contributed by atoms with E-state index in [1.165, 1.54) is 21.1 Å². The van der Waals surface area contributed by atoms with Gasteiger partial charge < -0.3 is 20.1 Å². The second-order valence-corrected chi connectivity index (χ2v) is 2.95. The topological polar surface area (TPSA) is 95.9 Å². The molecular formula is C8H14N2O5. The lowest BCUT2D eigenvalue weighted by atomic mass is 10.3. The van der Waals surface area contributed by atoms with Gasteiger partial charge in [0.2, 0.25) is 5.91 Å².